The minimum Gasteiger partial charge on any atom is -0.480 e. The van der Waals surface area contributed by atoms with Gasteiger partial charge >= 0.3 is 5.97 Å². The summed E-state index contributed by atoms with van der Waals surface area (Å²) in [5, 5.41) is 20.2. The molecule has 1 fully saturated rings. The van der Waals surface area contributed by atoms with Crippen LogP contribution in [0.4, 0.5) is 5.69 Å². The summed E-state index contributed by atoms with van der Waals surface area (Å²) in [6.07, 6.45) is 3.68. The number of carboxylic acid groups (broad SMARTS) is 1. The molecule has 0 saturated carbocycles. The highest BCUT2D eigenvalue weighted by molar-refractivity contribution is 8.26. The molecule has 1 atom stereocenters. The van der Waals surface area contributed by atoms with Gasteiger partial charge in [-0.25, -0.2) is 4.79 Å². The van der Waals surface area contributed by atoms with Gasteiger partial charge in [0.2, 0.25) is 5.91 Å². The van der Waals surface area contributed by atoms with Crippen LogP contribution in [0.25, 0.3) is 6.08 Å². The summed E-state index contributed by atoms with van der Waals surface area (Å²) in [6.45, 7) is 0. The molecule has 1 saturated heterocycles. The van der Waals surface area contributed by atoms with Crippen LogP contribution >= 0.6 is 24.0 Å². The van der Waals surface area contributed by atoms with Gasteiger partial charge in [0.1, 0.15) is 10.4 Å². The number of thioether (sulfide) groups is 1. The van der Waals surface area contributed by atoms with Gasteiger partial charge in [-0.05, 0) is 18.2 Å². The molecule has 0 radical (unpaired) electrons. The van der Waals surface area contributed by atoms with Gasteiger partial charge in [-0.1, -0.05) is 42.2 Å². The molecular weight excluding hydrogens is 394 g/mol. The normalized spacial score (nSPS) is 16.9. The van der Waals surface area contributed by atoms with Crippen LogP contribution in [0.1, 0.15) is 12.0 Å². The number of amides is 2. The number of nitrogens with zero attached hydrogens (tertiary/aromatic N) is 2. The average molecular weight is 407 g/mol. The fourth-order valence-electron chi connectivity index (χ4n) is 2.28. The van der Waals surface area contributed by atoms with Gasteiger partial charge in [0.05, 0.1) is 21.8 Å². The average Bonchev–Trinajstić information content (AvgIpc) is 2.86. The van der Waals surface area contributed by atoms with Crippen LogP contribution < -0.4 is 5.73 Å². The van der Waals surface area contributed by atoms with Crippen molar-refractivity contribution in [3.63, 3.8) is 0 Å². The number of hydrogen-bond donors (Lipinski definition) is 2. The van der Waals surface area contributed by atoms with Crippen LogP contribution in [0.3, 0.4) is 0 Å². The van der Waals surface area contributed by atoms with E-state index in [4.69, 9.17) is 18.0 Å². The second-order valence-corrected chi connectivity index (χ2v) is 6.95. The molecule has 0 bridgehead atoms. The number of carboxylic acids is 1. The van der Waals surface area contributed by atoms with Crippen molar-refractivity contribution in [1.82, 2.24) is 4.90 Å². The zero-order valence-corrected chi connectivity index (χ0v) is 15.2. The van der Waals surface area contributed by atoms with E-state index in [0.29, 0.717) is 5.56 Å². The van der Waals surface area contributed by atoms with Crippen LogP contribution in [-0.2, 0) is 14.4 Å². The highest BCUT2D eigenvalue weighted by atomic mass is 32.2. The molecule has 1 aromatic rings. The van der Waals surface area contributed by atoms with Crippen molar-refractivity contribution >= 4 is 57.8 Å². The van der Waals surface area contributed by atoms with Crippen molar-refractivity contribution in [3.05, 3.63) is 57.0 Å². The van der Waals surface area contributed by atoms with Crippen LogP contribution in [0.5, 0.6) is 0 Å². The van der Waals surface area contributed by atoms with Crippen molar-refractivity contribution in [2.75, 3.05) is 0 Å². The molecule has 1 aromatic carbocycles. The molecule has 9 nitrogen and oxygen atoms in total. The molecule has 0 aromatic heterocycles. The fraction of sp³-hybridized carbons (Fsp3) is 0.125. The van der Waals surface area contributed by atoms with E-state index in [9.17, 15) is 29.6 Å². The lowest BCUT2D eigenvalue weighted by molar-refractivity contribution is -0.385. The van der Waals surface area contributed by atoms with Crippen molar-refractivity contribution in [3.8, 4) is 0 Å². The van der Waals surface area contributed by atoms with Gasteiger partial charge in [0.25, 0.3) is 11.6 Å². The predicted octanol–water partition coefficient (Wildman–Crippen LogP) is 1.68. The number of carbonyl (C=O) groups is 3. The Balaban J connectivity index is 2.25. The number of aliphatic carboxylic acids is 1. The first kappa shape index (κ1) is 20.3. The number of nitro groups is 1. The summed E-state index contributed by atoms with van der Waals surface area (Å²) < 4.78 is -0.0148. The smallest absolute Gasteiger partial charge is 0.327 e. The quantitative estimate of drug-likeness (QED) is 0.301. The molecule has 0 spiro atoms. The maximum atomic E-state index is 12.5. The van der Waals surface area contributed by atoms with E-state index >= 15 is 0 Å². The number of benzene rings is 1. The minimum absolute atomic E-state index is 0.0148. The maximum Gasteiger partial charge on any atom is 0.327 e. The molecule has 0 aliphatic carbocycles. The lowest BCUT2D eigenvalue weighted by Gasteiger charge is -2.21. The molecule has 2 rings (SSSR count). The second kappa shape index (κ2) is 8.56. The SMILES string of the molecule is NC(=O)CC(C(=O)O)N1C(=O)/C(=C/C=C/c2ccccc2[N+](=O)[O-])SC1=S. The van der Waals surface area contributed by atoms with Crippen LogP contribution in [0.15, 0.2) is 41.3 Å². The van der Waals surface area contributed by atoms with Gasteiger partial charge in [-0.15, -0.1) is 0 Å². The highest BCUT2D eigenvalue weighted by Crippen LogP contribution is 2.33. The Morgan fingerprint density at radius 3 is 2.67 bits per heavy atom. The molecule has 1 heterocycles. The van der Waals surface area contributed by atoms with Crippen molar-refractivity contribution in [2.24, 2.45) is 5.73 Å². The Kier molecular flexibility index (Phi) is 6.42. The van der Waals surface area contributed by atoms with Crippen molar-refractivity contribution in [2.45, 2.75) is 12.5 Å². The topological polar surface area (TPSA) is 144 Å². The summed E-state index contributed by atoms with van der Waals surface area (Å²) in [5.41, 5.74) is 5.28. The first-order valence-electron chi connectivity index (χ1n) is 7.40. The Morgan fingerprint density at radius 1 is 1.41 bits per heavy atom. The van der Waals surface area contributed by atoms with Gasteiger partial charge in [0.15, 0.2) is 0 Å². The number of allylic oxidation sites excluding steroid dienone is 2. The molecule has 3 N–H and O–H groups in total. The molecule has 1 aliphatic rings. The highest BCUT2D eigenvalue weighted by Gasteiger charge is 2.40. The van der Waals surface area contributed by atoms with Crippen molar-refractivity contribution < 1.29 is 24.4 Å². The van der Waals surface area contributed by atoms with Gasteiger partial charge in [-0.2, -0.15) is 0 Å². The van der Waals surface area contributed by atoms with E-state index in [1.165, 1.54) is 30.4 Å². The largest absolute Gasteiger partial charge is 0.480 e. The summed E-state index contributed by atoms with van der Waals surface area (Å²) >= 11 is 5.91. The maximum absolute atomic E-state index is 12.5. The number of nitrogens with two attached hydrogens (primary N) is 1. The molecule has 1 aliphatic heterocycles. The number of carbonyl (C=O) groups excluding carboxylic acids is 2. The standard InChI is InChI=1S/C16H13N3O6S2/c17-13(20)8-11(15(22)23)18-14(21)12(27-16(18)26)7-3-5-9-4-1-2-6-10(9)19(24)25/h1-7,11H,8H2,(H2,17,20)(H,22,23)/b5-3+,12-7-. The molecule has 11 heteroatoms. The number of rotatable bonds is 7. The number of para-hydroxylation sites is 1. The summed E-state index contributed by atoms with van der Waals surface area (Å²) in [4.78, 5) is 46.3. The van der Waals surface area contributed by atoms with E-state index in [2.05, 4.69) is 0 Å². The van der Waals surface area contributed by atoms with E-state index in [-0.39, 0.29) is 14.9 Å². The van der Waals surface area contributed by atoms with Gasteiger partial charge in [-0.3, -0.25) is 24.6 Å². The zero-order valence-electron chi connectivity index (χ0n) is 13.6. The van der Waals surface area contributed by atoms with E-state index in [0.717, 1.165) is 16.7 Å². The third-order valence-electron chi connectivity index (χ3n) is 3.47. The molecule has 140 valence electrons. The molecular formula is C16H13N3O6S2. The Morgan fingerprint density at radius 2 is 2.07 bits per heavy atom. The Hall–Kier alpha value is -3.05. The predicted molar refractivity (Wildman–Crippen MR) is 102 cm³/mol. The molecule has 1 unspecified atom stereocenters. The van der Waals surface area contributed by atoms with Gasteiger partial charge < -0.3 is 10.8 Å². The summed E-state index contributed by atoms with van der Waals surface area (Å²) in [5.74, 6) is -2.95. The van der Waals surface area contributed by atoms with Crippen LogP contribution in [-0.4, -0.2) is 43.1 Å². The monoisotopic (exact) mass is 407 g/mol. The molecule has 2 amide bonds. The van der Waals surface area contributed by atoms with E-state index in [1.54, 1.807) is 12.1 Å². The third-order valence-corrected chi connectivity index (χ3v) is 4.82. The van der Waals surface area contributed by atoms with Crippen LogP contribution in [0, 0.1) is 10.1 Å². The number of hydrogen-bond acceptors (Lipinski definition) is 7. The second-order valence-electron chi connectivity index (χ2n) is 5.27. The summed E-state index contributed by atoms with van der Waals surface area (Å²) in [6, 6.07) is 4.57. The lowest BCUT2D eigenvalue weighted by atomic mass is 10.1. The van der Waals surface area contributed by atoms with E-state index in [1.807, 2.05) is 0 Å². The Labute approximate surface area is 162 Å². The van der Waals surface area contributed by atoms with Crippen molar-refractivity contribution in [1.29, 1.82) is 0 Å². The number of nitro benzene ring substituents is 1. The van der Waals surface area contributed by atoms with Gasteiger partial charge in [0, 0.05) is 6.07 Å². The summed E-state index contributed by atoms with van der Waals surface area (Å²) in [7, 11) is 0. The Bertz CT molecular complexity index is 896. The number of thiocarbonyl (C=S) groups is 1. The fourth-order valence-corrected chi connectivity index (χ4v) is 3.58. The van der Waals surface area contributed by atoms with Crippen LogP contribution in [0.2, 0.25) is 0 Å². The zero-order chi connectivity index (χ0) is 20.1. The minimum atomic E-state index is -1.49. The first-order valence-corrected chi connectivity index (χ1v) is 8.63. The third kappa shape index (κ3) is 4.77. The lowest BCUT2D eigenvalue weighted by Crippen LogP contribution is -2.46. The molecule has 27 heavy (non-hydrogen) atoms. The number of primary amides is 1. The van der Waals surface area contributed by atoms with E-state index < -0.39 is 35.2 Å². The first-order chi connectivity index (χ1) is 12.7.